The number of Topliss-reactive ketones (excluding diaryl/α,β-unsaturated/α-hetero) is 1. The fraction of sp³-hybridized carbons (Fsp3) is 0.333. The molecule has 0 unspecified atom stereocenters. The normalized spacial score (nSPS) is 11.1. The molecule has 0 aliphatic heterocycles. The summed E-state index contributed by atoms with van der Waals surface area (Å²) in [7, 11) is 0. The van der Waals surface area contributed by atoms with E-state index in [1.807, 2.05) is 26.0 Å². The van der Waals surface area contributed by atoms with E-state index in [-0.39, 0.29) is 5.78 Å². The summed E-state index contributed by atoms with van der Waals surface area (Å²) in [4.78, 5) is 23.4. The number of carbonyl (C=O) groups is 2. The molecule has 0 amide bonds. The SMILES string of the molecule is CCC(=O)c1cc(C=O)c2cc(C(C)C)ccc(C)c1-2. The Morgan fingerprint density at radius 3 is 2.50 bits per heavy atom. The average Bonchev–Trinajstić information content (AvgIpc) is 2.71. The molecule has 0 fully saturated rings. The molecule has 2 aliphatic rings. The van der Waals surface area contributed by atoms with Gasteiger partial charge in [-0.2, -0.15) is 0 Å². The Morgan fingerprint density at radius 2 is 1.95 bits per heavy atom. The van der Waals surface area contributed by atoms with Crippen molar-refractivity contribution >= 4 is 12.1 Å². The maximum absolute atomic E-state index is 12.1. The molecule has 2 aliphatic carbocycles. The van der Waals surface area contributed by atoms with E-state index in [9.17, 15) is 9.59 Å². The summed E-state index contributed by atoms with van der Waals surface area (Å²) in [5.41, 5.74) is 5.31. The van der Waals surface area contributed by atoms with Crippen molar-refractivity contribution in [1.82, 2.24) is 0 Å². The van der Waals surface area contributed by atoms with Gasteiger partial charge in [0.15, 0.2) is 12.1 Å². The second kappa shape index (κ2) is 5.58. The van der Waals surface area contributed by atoms with Crippen LogP contribution >= 0.6 is 0 Å². The first-order valence-electron chi connectivity index (χ1n) is 7.05. The summed E-state index contributed by atoms with van der Waals surface area (Å²) in [5, 5.41) is 0. The van der Waals surface area contributed by atoms with Gasteiger partial charge < -0.3 is 0 Å². The molecule has 0 spiro atoms. The van der Waals surface area contributed by atoms with E-state index in [0.717, 1.165) is 23.0 Å². The molecule has 0 aromatic heterocycles. The lowest BCUT2D eigenvalue weighted by molar-refractivity contribution is 0.0989. The van der Waals surface area contributed by atoms with E-state index in [2.05, 4.69) is 19.9 Å². The van der Waals surface area contributed by atoms with Crippen molar-refractivity contribution in [2.75, 3.05) is 0 Å². The van der Waals surface area contributed by atoms with Gasteiger partial charge in [0.05, 0.1) is 0 Å². The fourth-order valence-electron chi connectivity index (χ4n) is 2.56. The van der Waals surface area contributed by atoms with Gasteiger partial charge in [0, 0.05) is 17.5 Å². The second-order valence-corrected chi connectivity index (χ2v) is 5.51. The standard InChI is InChI=1S/C18H20O2/c1-5-17(20)16-9-14(10-19)15-8-13(11(2)3)7-6-12(4)18(15)16/h6-11H,5H2,1-4H3. The molecular formula is C18H20O2. The Bertz CT molecular complexity index is 638. The molecular weight excluding hydrogens is 248 g/mol. The van der Waals surface area contributed by atoms with E-state index in [1.54, 1.807) is 6.07 Å². The van der Waals surface area contributed by atoms with Crippen LogP contribution in [0.4, 0.5) is 0 Å². The van der Waals surface area contributed by atoms with Gasteiger partial charge in [-0.3, -0.25) is 9.59 Å². The quantitative estimate of drug-likeness (QED) is 0.598. The summed E-state index contributed by atoms with van der Waals surface area (Å²) >= 11 is 0. The maximum atomic E-state index is 12.1. The van der Waals surface area contributed by atoms with Crippen molar-refractivity contribution < 1.29 is 9.59 Å². The van der Waals surface area contributed by atoms with E-state index in [4.69, 9.17) is 0 Å². The van der Waals surface area contributed by atoms with E-state index in [1.165, 1.54) is 5.56 Å². The molecule has 20 heavy (non-hydrogen) atoms. The van der Waals surface area contributed by atoms with Crippen LogP contribution in [0, 0.1) is 6.92 Å². The largest absolute Gasteiger partial charge is 0.298 e. The van der Waals surface area contributed by atoms with Crippen molar-refractivity contribution in [3.05, 3.63) is 46.5 Å². The molecule has 2 nitrogen and oxygen atoms in total. The average molecular weight is 268 g/mol. The highest BCUT2D eigenvalue weighted by Gasteiger charge is 2.21. The summed E-state index contributed by atoms with van der Waals surface area (Å²) in [6.45, 7) is 8.09. The first kappa shape index (κ1) is 14.4. The van der Waals surface area contributed by atoms with Crippen molar-refractivity contribution in [3.63, 3.8) is 0 Å². The van der Waals surface area contributed by atoms with Gasteiger partial charge in [0.2, 0.25) is 0 Å². The molecule has 0 aromatic rings. The third kappa shape index (κ3) is 2.38. The Morgan fingerprint density at radius 1 is 1.25 bits per heavy atom. The Hall–Kier alpha value is -1.96. The van der Waals surface area contributed by atoms with Crippen LogP contribution < -0.4 is 0 Å². The molecule has 2 rings (SSSR count). The molecule has 0 saturated carbocycles. The van der Waals surface area contributed by atoms with E-state index >= 15 is 0 Å². The van der Waals surface area contributed by atoms with Crippen LogP contribution in [0.2, 0.25) is 0 Å². The second-order valence-electron chi connectivity index (χ2n) is 5.51. The predicted octanol–water partition coefficient (Wildman–Crippen LogP) is 4.63. The summed E-state index contributed by atoms with van der Waals surface area (Å²) in [6.07, 6.45) is 1.30. The van der Waals surface area contributed by atoms with Gasteiger partial charge >= 0.3 is 0 Å². The maximum Gasteiger partial charge on any atom is 0.163 e. The lowest BCUT2D eigenvalue weighted by Crippen LogP contribution is -1.96. The lowest BCUT2D eigenvalue weighted by Gasteiger charge is -2.04. The number of fused-ring (bicyclic) bond motifs is 1. The topological polar surface area (TPSA) is 34.1 Å². The van der Waals surface area contributed by atoms with Crippen LogP contribution in [0.15, 0.2) is 24.3 Å². The number of hydrogen-bond donors (Lipinski definition) is 0. The summed E-state index contributed by atoms with van der Waals surface area (Å²) in [6, 6.07) is 7.90. The first-order chi connectivity index (χ1) is 9.49. The van der Waals surface area contributed by atoms with Crippen molar-refractivity contribution in [2.24, 2.45) is 0 Å². The smallest absolute Gasteiger partial charge is 0.163 e. The molecule has 0 atom stereocenters. The number of aryl methyl sites for hydroxylation is 1. The molecule has 0 saturated heterocycles. The zero-order chi connectivity index (χ0) is 14.9. The monoisotopic (exact) mass is 268 g/mol. The molecule has 104 valence electrons. The van der Waals surface area contributed by atoms with Gasteiger partial charge in [-0.1, -0.05) is 39.0 Å². The molecule has 0 bridgehead atoms. The number of hydrogen-bond acceptors (Lipinski definition) is 2. The molecule has 2 heteroatoms. The highest BCUT2D eigenvalue weighted by Crippen LogP contribution is 2.36. The van der Waals surface area contributed by atoms with Crippen molar-refractivity contribution in [1.29, 1.82) is 0 Å². The van der Waals surface area contributed by atoms with Crippen LogP contribution in [0.25, 0.3) is 11.1 Å². The minimum absolute atomic E-state index is 0.0866. The van der Waals surface area contributed by atoms with Gasteiger partial charge in [-0.15, -0.1) is 0 Å². The minimum atomic E-state index is 0.0866. The number of ketones is 1. The van der Waals surface area contributed by atoms with Crippen molar-refractivity contribution in [2.45, 2.75) is 40.0 Å². The Labute approximate surface area is 120 Å². The van der Waals surface area contributed by atoms with Crippen LogP contribution in [0.1, 0.15) is 65.0 Å². The van der Waals surface area contributed by atoms with E-state index in [0.29, 0.717) is 23.5 Å². The number of aldehydes is 1. The lowest BCUT2D eigenvalue weighted by atomic mass is 9.99. The third-order valence-electron chi connectivity index (χ3n) is 3.80. The van der Waals surface area contributed by atoms with Crippen LogP contribution in [0.3, 0.4) is 0 Å². The van der Waals surface area contributed by atoms with E-state index < -0.39 is 0 Å². The molecule has 0 heterocycles. The fourth-order valence-corrected chi connectivity index (χ4v) is 2.56. The molecule has 0 N–H and O–H groups in total. The summed E-state index contributed by atoms with van der Waals surface area (Å²) in [5.74, 6) is 0.466. The summed E-state index contributed by atoms with van der Waals surface area (Å²) < 4.78 is 0. The third-order valence-corrected chi connectivity index (χ3v) is 3.80. The van der Waals surface area contributed by atoms with Gasteiger partial charge in [0.25, 0.3) is 0 Å². The highest BCUT2D eigenvalue weighted by molar-refractivity contribution is 6.08. The Balaban J connectivity index is 2.80. The first-order valence-corrected chi connectivity index (χ1v) is 7.05. The van der Waals surface area contributed by atoms with Crippen molar-refractivity contribution in [3.8, 4) is 11.1 Å². The zero-order valence-corrected chi connectivity index (χ0v) is 12.5. The van der Waals surface area contributed by atoms with Crippen LogP contribution in [0.5, 0.6) is 0 Å². The van der Waals surface area contributed by atoms with Gasteiger partial charge in [0.1, 0.15) is 0 Å². The number of carbonyl (C=O) groups excluding carboxylic acids is 2. The molecule has 0 aromatic carbocycles. The Kier molecular flexibility index (Phi) is 4.03. The van der Waals surface area contributed by atoms with Gasteiger partial charge in [-0.05, 0) is 41.2 Å². The minimum Gasteiger partial charge on any atom is -0.298 e. The zero-order valence-electron chi connectivity index (χ0n) is 12.5. The van der Waals surface area contributed by atoms with Crippen LogP contribution in [-0.4, -0.2) is 12.1 Å². The highest BCUT2D eigenvalue weighted by atomic mass is 16.1. The predicted molar refractivity (Wildman–Crippen MR) is 81.9 cm³/mol. The number of rotatable bonds is 4. The molecule has 0 radical (unpaired) electrons. The van der Waals surface area contributed by atoms with Crippen LogP contribution in [-0.2, 0) is 0 Å². The van der Waals surface area contributed by atoms with Gasteiger partial charge in [-0.25, -0.2) is 0 Å².